The third-order valence-corrected chi connectivity index (χ3v) is 9.95. The monoisotopic (exact) mass is 736 g/mol. The maximum atomic E-state index is 3.74. The van der Waals surface area contributed by atoms with Gasteiger partial charge in [0.05, 0.1) is 0 Å². The fourth-order valence-corrected chi connectivity index (χ4v) is 6.75. The molecule has 0 aliphatic heterocycles. The molecule has 0 aromatic heterocycles. The summed E-state index contributed by atoms with van der Waals surface area (Å²) in [7, 11) is 0. The van der Waals surface area contributed by atoms with Crippen molar-refractivity contribution in [2.45, 2.75) is 79.1 Å². The van der Waals surface area contributed by atoms with Gasteiger partial charge in [-0.15, -0.1) is 0 Å². The van der Waals surface area contributed by atoms with E-state index in [0.717, 1.165) is 111 Å². The molecule has 5 aromatic rings. The van der Waals surface area contributed by atoms with E-state index in [1.54, 1.807) is 0 Å². The van der Waals surface area contributed by atoms with E-state index in [1.165, 1.54) is 22.5 Å². The predicted octanol–water partition coefficient (Wildman–Crippen LogP) is 13.3. The Kier molecular flexibility index (Phi) is 17.2. The van der Waals surface area contributed by atoms with Crippen molar-refractivity contribution in [2.75, 3.05) is 26.2 Å². The quantitative estimate of drug-likeness (QED) is 0.0653. The molecule has 0 aliphatic carbocycles. The molecule has 0 atom stereocenters. The van der Waals surface area contributed by atoms with Crippen molar-refractivity contribution in [1.82, 2.24) is 9.80 Å². The molecular formula is C54H60N2. The van der Waals surface area contributed by atoms with E-state index in [2.05, 4.69) is 207 Å². The average Bonchev–Trinajstić information content (AvgIpc) is 3.25. The number of hydrogen-bond acceptors (Lipinski definition) is 2. The van der Waals surface area contributed by atoms with Crippen LogP contribution in [-0.2, 0) is 0 Å². The van der Waals surface area contributed by atoms with Crippen molar-refractivity contribution in [3.05, 3.63) is 178 Å². The van der Waals surface area contributed by atoms with E-state index in [1.807, 2.05) is 0 Å². The Morgan fingerprint density at radius 3 is 1.02 bits per heavy atom. The topological polar surface area (TPSA) is 6.48 Å². The number of benzene rings is 5. The second-order valence-corrected chi connectivity index (χ2v) is 14.4. The van der Waals surface area contributed by atoms with Gasteiger partial charge in [-0.05, 0) is 85.4 Å². The zero-order valence-corrected chi connectivity index (χ0v) is 34.2. The van der Waals surface area contributed by atoms with Crippen molar-refractivity contribution in [3.63, 3.8) is 0 Å². The zero-order chi connectivity index (χ0) is 39.2. The Bertz CT molecular complexity index is 1920. The fraction of sp³-hybridized carbons (Fsp3) is 0.296. The van der Waals surface area contributed by atoms with E-state index >= 15 is 0 Å². The van der Waals surface area contributed by atoms with Crippen molar-refractivity contribution in [3.8, 4) is 23.7 Å². The van der Waals surface area contributed by atoms with Crippen LogP contribution in [0.4, 0.5) is 0 Å². The average molecular weight is 737 g/mol. The summed E-state index contributed by atoms with van der Waals surface area (Å²) in [6.45, 7) is 13.1. The summed E-state index contributed by atoms with van der Waals surface area (Å²) < 4.78 is 0. The van der Waals surface area contributed by atoms with Gasteiger partial charge in [-0.3, -0.25) is 0 Å². The van der Waals surface area contributed by atoms with Crippen LogP contribution >= 0.6 is 0 Å². The Morgan fingerprint density at radius 2 is 0.714 bits per heavy atom. The molecule has 0 radical (unpaired) electrons. The van der Waals surface area contributed by atoms with Gasteiger partial charge < -0.3 is 9.80 Å². The van der Waals surface area contributed by atoms with E-state index in [4.69, 9.17) is 0 Å². The lowest BCUT2D eigenvalue weighted by atomic mass is 9.91. The normalized spacial score (nSPS) is 11.3. The molecule has 0 fully saturated rings. The summed E-state index contributed by atoms with van der Waals surface area (Å²) >= 11 is 0. The summed E-state index contributed by atoms with van der Waals surface area (Å²) in [5, 5.41) is 0. The molecule has 0 N–H and O–H groups in total. The van der Waals surface area contributed by atoms with Crippen LogP contribution in [0.25, 0.3) is 23.5 Å². The molecule has 0 amide bonds. The maximum Gasteiger partial charge on any atom is 0.0458 e. The minimum absolute atomic E-state index is 0.981. The maximum absolute atomic E-state index is 3.74. The summed E-state index contributed by atoms with van der Waals surface area (Å²) in [4.78, 5) is 5.21. The number of nitrogens with zero attached hydrogens (tertiary/aromatic N) is 2. The lowest BCUT2D eigenvalue weighted by Gasteiger charge is -2.31. The zero-order valence-electron chi connectivity index (χ0n) is 34.2. The minimum Gasteiger partial charge on any atom is -0.371 e. The van der Waals surface area contributed by atoms with Crippen LogP contribution < -0.4 is 0 Å². The smallest absolute Gasteiger partial charge is 0.0458 e. The molecule has 56 heavy (non-hydrogen) atoms. The lowest BCUT2D eigenvalue weighted by Crippen LogP contribution is -2.26. The van der Waals surface area contributed by atoms with Gasteiger partial charge >= 0.3 is 0 Å². The summed E-state index contributed by atoms with van der Waals surface area (Å²) in [5.74, 6) is 14.6. The summed E-state index contributed by atoms with van der Waals surface area (Å²) in [6.07, 6.45) is 13.8. The van der Waals surface area contributed by atoms with Gasteiger partial charge in [-0.2, -0.15) is 0 Å². The molecular weight excluding hydrogens is 677 g/mol. The lowest BCUT2D eigenvalue weighted by molar-refractivity contribution is 0.379. The van der Waals surface area contributed by atoms with Crippen LogP contribution in [0.2, 0.25) is 0 Å². The van der Waals surface area contributed by atoms with Crippen molar-refractivity contribution in [2.24, 2.45) is 0 Å². The molecule has 0 saturated heterocycles. The van der Waals surface area contributed by atoms with Crippen molar-refractivity contribution in [1.29, 1.82) is 0 Å². The van der Waals surface area contributed by atoms with Gasteiger partial charge in [0.2, 0.25) is 0 Å². The van der Waals surface area contributed by atoms with Gasteiger partial charge in [0, 0.05) is 71.0 Å². The first-order valence-corrected chi connectivity index (χ1v) is 21.0. The number of unbranched alkanes of at least 4 members (excludes halogenated alkanes) is 4. The Morgan fingerprint density at radius 1 is 0.411 bits per heavy atom. The molecule has 0 bridgehead atoms. The molecule has 286 valence electrons. The van der Waals surface area contributed by atoms with Crippen molar-refractivity contribution < 1.29 is 0 Å². The second kappa shape index (κ2) is 23.3. The SMILES string of the molecule is CCCCN(CCCC)C(=Cc1ccccc1)c1cc(C#Cc2ccccc2)c(C(=Cc2ccccc2)N(CCCC)CCCC)cc1C#Cc1ccccc1. The molecule has 0 saturated carbocycles. The highest BCUT2D eigenvalue weighted by Crippen LogP contribution is 2.34. The molecule has 5 rings (SSSR count). The van der Waals surface area contributed by atoms with Gasteiger partial charge in [-0.25, -0.2) is 0 Å². The van der Waals surface area contributed by atoms with E-state index in [9.17, 15) is 0 Å². The molecule has 0 aliphatic rings. The third-order valence-electron chi connectivity index (χ3n) is 9.95. The first-order chi connectivity index (χ1) is 27.6. The molecule has 0 spiro atoms. The first kappa shape index (κ1) is 41.5. The van der Waals surface area contributed by atoms with Crippen LogP contribution in [-0.4, -0.2) is 36.0 Å². The van der Waals surface area contributed by atoms with E-state index in [0.29, 0.717) is 0 Å². The Labute approximate surface area is 339 Å². The molecule has 5 aromatic carbocycles. The third kappa shape index (κ3) is 12.7. The van der Waals surface area contributed by atoms with Crippen LogP contribution in [0.3, 0.4) is 0 Å². The van der Waals surface area contributed by atoms with Crippen LogP contribution in [0.5, 0.6) is 0 Å². The molecule has 0 unspecified atom stereocenters. The fourth-order valence-electron chi connectivity index (χ4n) is 6.75. The number of hydrogen-bond donors (Lipinski definition) is 0. The first-order valence-electron chi connectivity index (χ1n) is 21.0. The Balaban J connectivity index is 1.89. The van der Waals surface area contributed by atoms with Crippen LogP contribution in [0, 0.1) is 23.7 Å². The standard InChI is InChI=1S/C54H60N2/c1-5-9-37-55(38-10-6-2)53(41-47-29-21-15-22-30-47)51-43-50(36-34-46-27-19-14-20-28-46)52(44-49(51)35-33-45-25-17-13-18-26-45)54(42-48-31-23-16-24-32-48)56(39-11-7-3)40-12-8-4/h13-32,41-44H,5-12,37-40H2,1-4H3. The molecule has 2 heteroatoms. The van der Waals surface area contributed by atoms with Crippen LogP contribution in [0.1, 0.15) is 124 Å². The molecule has 0 heterocycles. The highest BCUT2D eigenvalue weighted by molar-refractivity contribution is 5.89. The Hall–Kier alpha value is -5.70. The largest absolute Gasteiger partial charge is 0.371 e. The highest BCUT2D eigenvalue weighted by Gasteiger charge is 2.21. The summed E-state index contributed by atoms with van der Waals surface area (Å²) in [5.41, 5.74) is 11.0. The second-order valence-electron chi connectivity index (χ2n) is 14.4. The van der Waals surface area contributed by atoms with Crippen LogP contribution in [0.15, 0.2) is 133 Å². The minimum atomic E-state index is 0.981. The summed E-state index contributed by atoms with van der Waals surface area (Å²) in [6, 6.07) is 47.0. The number of rotatable bonds is 18. The van der Waals surface area contributed by atoms with Gasteiger partial charge in [0.25, 0.3) is 0 Å². The van der Waals surface area contributed by atoms with Gasteiger partial charge in [0.15, 0.2) is 0 Å². The predicted molar refractivity (Wildman–Crippen MR) is 243 cm³/mol. The van der Waals surface area contributed by atoms with Gasteiger partial charge in [0.1, 0.15) is 0 Å². The van der Waals surface area contributed by atoms with E-state index < -0.39 is 0 Å². The highest BCUT2D eigenvalue weighted by atomic mass is 15.1. The van der Waals surface area contributed by atoms with E-state index in [-0.39, 0.29) is 0 Å². The van der Waals surface area contributed by atoms with Gasteiger partial charge in [-0.1, -0.05) is 174 Å². The van der Waals surface area contributed by atoms with Crippen molar-refractivity contribution >= 4 is 23.5 Å². The molecule has 2 nitrogen and oxygen atoms in total.